The van der Waals surface area contributed by atoms with Gasteiger partial charge in [-0.3, -0.25) is 0 Å². The second kappa shape index (κ2) is 10.4. The van der Waals surface area contributed by atoms with Crippen molar-refractivity contribution in [2.24, 2.45) is 5.41 Å². The van der Waals surface area contributed by atoms with Crippen molar-refractivity contribution >= 4 is 11.6 Å². The number of halogens is 2. The van der Waals surface area contributed by atoms with Gasteiger partial charge in [0.2, 0.25) is 0 Å². The summed E-state index contributed by atoms with van der Waals surface area (Å²) in [6, 6.07) is 28.3. The normalized spacial score (nSPS) is 23.8. The lowest BCUT2D eigenvalue weighted by Gasteiger charge is -2.60. The average molecular weight is 543 g/mol. The largest absolute Gasteiger partial charge is 1.00 e. The van der Waals surface area contributed by atoms with Crippen molar-refractivity contribution in [2.45, 2.75) is 31.3 Å². The quantitative estimate of drug-likeness (QED) is 0.350. The van der Waals surface area contributed by atoms with Crippen LogP contribution in [0.5, 0.6) is 5.75 Å². The van der Waals surface area contributed by atoms with E-state index in [1.807, 2.05) is 60.7 Å². The number of rotatable bonds is 8. The highest BCUT2D eigenvalue weighted by atomic mass is 79.9. The van der Waals surface area contributed by atoms with Crippen molar-refractivity contribution in [1.82, 2.24) is 0 Å². The van der Waals surface area contributed by atoms with E-state index < -0.39 is 5.60 Å². The zero-order chi connectivity index (χ0) is 22.8. The van der Waals surface area contributed by atoms with Crippen molar-refractivity contribution in [3.8, 4) is 5.75 Å². The zero-order valence-electron chi connectivity index (χ0n) is 19.5. The number of fused-ring (bicyclic) bond motifs is 3. The van der Waals surface area contributed by atoms with E-state index in [2.05, 4.69) is 24.3 Å². The molecule has 3 fully saturated rings. The first-order valence-electron chi connectivity index (χ1n) is 12.1. The fourth-order valence-electron chi connectivity index (χ4n) is 6.23. The molecule has 3 aliphatic rings. The summed E-state index contributed by atoms with van der Waals surface area (Å²) in [4.78, 5) is 0. The van der Waals surface area contributed by atoms with Crippen LogP contribution in [-0.2, 0) is 5.60 Å². The van der Waals surface area contributed by atoms with E-state index in [-0.39, 0.29) is 22.4 Å². The summed E-state index contributed by atoms with van der Waals surface area (Å²) in [5, 5.41) is 13.2. The van der Waals surface area contributed by atoms with Gasteiger partial charge in [0.1, 0.15) is 11.4 Å². The Hall–Kier alpha value is -1.85. The monoisotopic (exact) mass is 541 g/mol. The molecule has 0 saturated carbocycles. The van der Waals surface area contributed by atoms with Crippen molar-refractivity contribution < 1.29 is 31.3 Å². The lowest BCUT2D eigenvalue weighted by Crippen LogP contribution is -3.00. The minimum atomic E-state index is -0.957. The third kappa shape index (κ3) is 4.66. The molecule has 3 aliphatic heterocycles. The molecule has 1 N–H and O–H groups in total. The first-order chi connectivity index (χ1) is 16.1. The van der Waals surface area contributed by atoms with Gasteiger partial charge in [-0.2, -0.15) is 0 Å². The molecule has 0 spiro atoms. The molecule has 0 radical (unpaired) electrons. The Bertz CT molecular complexity index is 1010. The summed E-state index contributed by atoms with van der Waals surface area (Å²) in [6.45, 7) is 5.21. The maximum absolute atomic E-state index is 12.5. The van der Waals surface area contributed by atoms with Gasteiger partial charge >= 0.3 is 0 Å². The zero-order valence-corrected chi connectivity index (χ0v) is 21.8. The van der Waals surface area contributed by atoms with Gasteiger partial charge in [-0.15, -0.1) is 0 Å². The Morgan fingerprint density at radius 1 is 0.824 bits per heavy atom. The summed E-state index contributed by atoms with van der Waals surface area (Å²) in [7, 11) is 0. The maximum Gasteiger partial charge on any atom is 0.121 e. The highest BCUT2D eigenvalue weighted by Gasteiger charge is 2.60. The molecule has 2 bridgehead atoms. The summed E-state index contributed by atoms with van der Waals surface area (Å²) in [5.41, 5.74) is 0.968. The standard InChI is InChI=1S/C29H33ClNO2.BrH/c30-26-13-7-14-27(23-26)33-22-8-18-31-19-15-28(16-20-31,17-21-31)29(32,24-9-3-1-4-10-24)25-11-5-2-6-12-25;/h1-7,9-14,23,32H,8,15-22H2;1H/q+1;/p-1. The SMILES string of the molecule is OC(c1ccccc1)(c1ccccc1)C12CC[N+](CCCOc3cccc(Cl)c3)(CC1)CC2.[Br-]. The summed E-state index contributed by atoms with van der Waals surface area (Å²) in [6.07, 6.45) is 4.16. The van der Waals surface area contributed by atoms with E-state index in [1.54, 1.807) is 0 Å². The Kier molecular flexibility index (Phi) is 7.73. The molecule has 0 amide bonds. The van der Waals surface area contributed by atoms with Crippen LogP contribution in [0, 0.1) is 5.41 Å². The summed E-state index contributed by atoms with van der Waals surface area (Å²) in [5.74, 6) is 0.842. The Morgan fingerprint density at radius 3 is 1.91 bits per heavy atom. The molecule has 3 aromatic carbocycles. The lowest BCUT2D eigenvalue weighted by molar-refractivity contribution is -0.946. The van der Waals surface area contributed by atoms with E-state index in [0.29, 0.717) is 11.6 Å². The molecule has 0 aromatic heterocycles. The van der Waals surface area contributed by atoms with Gasteiger partial charge in [-0.05, 0) is 29.3 Å². The van der Waals surface area contributed by atoms with E-state index >= 15 is 0 Å². The lowest BCUT2D eigenvalue weighted by atomic mass is 9.56. The third-order valence-corrected chi connectivity index (χ3v) is 8.42. The van der Waals surface area contributed by atoms with Crippen LogP contribution in [0.1, 0.15) is 36.8 Å². The molecule has 3 saturated heterocycles. The van der Waals surface area contributed by atoms with E-state index in [1.165, 1.54) is 0 Å². The fraction of sp³-hybridized carbons (Fsp3) is 0.379. The van der Waals surface area contributed by atoms with Crippen LogP contribution in [0.3, 0.4) is 0 Å². The van der Waals surface area contributed by atoms with Crippen molar-refractivity contribution in [3.05, 3.63) is 101 Å². The van der Waals surface area contributed by atoms with Crippen LogP contribution in [-0.4, -0.2) is 42.4 Å². The van der Waals surface area contributed by atoms with Crippen LogP contribution >= 0.6 is 11.6 Å². The Morgan fingerprint density at radius 2 is 1.38 bits per heavy atom. The van der Waals surface area contributed by atoms with E-state index in [0.717, 1.165) is 73.2 Å². The first kappa shape index (κ1) is 25.2. The van der Waals surface area contributed by atoms with Crippen LogP contribution < -0.4 is 21.7 Å². The smallest absolute Gasteiger partial charge is 0.121 e. The number of aliphatic hydroxyl groups is 1. The molecule has 6 rings (SSSR count). The van der Waals surface area contributed by atoms with Crippen molar-refractivity contribution in [1.29, 1.82) is 0 Å². The molecule has 34 heavy (non-hydrogen) atoms. The molecule has 0 aliphatic carbocycles. The van der Waals surface area contributed by atoms with Crippen molar-refractivity contribution in [3.63, 3.8) is 0 Å². The number of ether oxygens (including phenoxy) is 1. The maximum atomic E-state index is 12.5. The van der Waals surface area contributed by atoms with E-state index in [9.17, 15) is 5.11 Å². The van der Waals surface area contributed by atoms with Gasteiger partial charge in [0.15, 0.2) is 0 Å². The third-order valence-electron chi connectivity index (χ3n) is 8.19. The van der Waals surface area contributed by atoms with Gasteiger partial charge in [-0.1, -0.05) is 78.3 Å². The van der Waals surface area contributed by atoms with E-state index in [4.69, 9.17) is 16.3 Å². The molecule has 5 heteroatoms. The van der Waals surface area contributed by atoms with Crippen LogP contribution in [0.2, 0.25) is 5.02 Å². The molecule has 180 valence electrons. The minimum Gasteiger partial charge on any atom is -1.00 e. The predicted octanol–water partition coefficient (Wildman–Crippen LogP) is 3.05. The van der Waals surface area contributed by atoms with Crippen LogP contribution in [0.15, 0.2) is 84.9 Å². The number of piperidine rings is 3. The van der Waals surface area contributed by atoms with Gasteiger partial charge < -0.3 is 31.3 Å². The highest BCUT2D eigenvalue weighted by Crippen LogP contribution is 2.57. The predicted molar refractivity (Wildman–Crippen MR) is 133 cm³/mol. The van der Waals surface area contributed by atoms with Crippen molar-refractivity contribution in [2.75, 3.05) is 32.8 Å². The summed E-state index contributed by atoms with van der Waals surface area (Å²) >= 11 is 6.06. The molecule has 3 nitrogen and oxygen atoms in total. The molecule has 3 heterocycles. The van der Waals surface area contributed by atoms with Crippen LogP contribution in [0.25, 0.3) is 0 Å². The number of benzene rings is 3. The second-order valence-corrected chi connectivity index (χ2v) is 10.3. The molecule has 0 atom stereocenters. The Labute approximate surface area is 218 Å². The molecule has 3 aromatic rings. The molecular formula is C29H33BrClNO2. The minimum absolute atomic E-state index is 0. The van der Waals surface area contributed by atoms with Gasteiger partial charge in [-0.25, -0.2) is 0 Å². The number of quaternary nitrogens is 1. The molecule has 0 unspecified atom stereocenters. The van der Waals surface area contributed by atoms with Crippen LogP contribution in [0.4, 0.5) is 0 Å². The second-order valence-electron chi connectivity index (χ2n) is 9.87. The number of hydrogen-bond acceptors (Lipinski definition) is 2. The Balaban J connectivity index is 0.00000274. The summed E-state index contributed by atoms with van der Waals surface area (Å²) < 4.78 is 7.09. The first-order valence-corrected chi connectivity index (χ1v) is 12.5. The van der Waals surface area contributed by atoms with Gasteiger partial charge in [0.05, 0.1) is 32.8 Å². The number of hydrogen-bond donors (Lipinski definition) is 1. The highest BCUT2D eigenvalue weighted by molar-refractivity contribution is 6.30. The fourth-order valence-corrected chi connectivity index (χ4v) is 6.41. The topological polar surface area (TPSA) is 29.5 Å². The van der Waals surface area contributed by atoms with Gasteiger partial charge in [0.25, 0.3) is 0 Å². The number of nitrogens with zero attached hydrogens (tertiary/aromatic N) is 1. The molecular weight excluding hydrogens is 510 g/mol. The average Bonchev–Trinajstić information content (AvgIpc) is 2.88. The van der Waals surface area contributed by atoms with Gasteiger partial charge in [0, 0.05) is 36.1 Å².